The molecule has 0 aliphatic carbocycles. The Labute approximate surface area is 86.6 Å². The minimum atomic E-state index is -0.189. The van der Waals surface area contributed by atoms with E-state index in [9.17, 15) is 4.79 Å². The van der Waals surface area contributed by atoms with Crippen LogP contribution >= 0.6 is 27.7 Å². The molecule has 0 spiro atoms. The van der Waals surface area contributed by atoms with Gasteiger partial charge >= 0.3 is 5.97 Å². The number of hydrogen-bond acceptors (Lipinski definition) is 3. The van der Waals surface area contributed by atoms with Crippen molar-refractivity contribution < 1.29 is 9.53 Å². The smallest absolute Gasteiger partial charge is 0.320 e. The second-order valence-corrected chi connectivity index (χ2v) is 5.12. The lowest BCUT2D eigenvalue weighted by molar-refractivity contribution is -0.139. The van der Waals surface area contributed by atoms with E-state index in [-0.39, 0.29) is 10.8 Å². The van der Waals surface area contributed by atoms with Gasteiger partial charge in [-0.15, -0.1) is 0 Å². The van der Waals surface area contributed by atoms with E-state index in [1.54, 1.807) is 11.8 Å². The summed E-state index contributed by atoms with van der Waals surface area (Å²) in [7, 11) is 1.41. The Morgan fingerprint density at radius 2 is 2.25 bits per heavy atom. The first-order valence-electron chi connectivity index (χ1n) is 3.95. The molecule has 0 rings (SSSR count). The number of halogens is 1. The third-order valence-electron chi connectivity index (χ3n) is 1.56. The van der Waals surface area contributed by atoms with Crippen LogP contribution < -0.4 is 0 Å². The Morgan fingerprint density at radius 1 is 1.67 bits per heavy atom. The molecule has 0 aromatic rings. The van der Waals surface area contributed by atoms with Crippen LogP contribution in [-0.2, 0) is 9.53 Å². The highest BCUT2D eigenvalue weighted by molar-refractivity contribution is 9.10. The number of methoxy groups -OCH3 is 1. The molecule has 4 heteroatoms. The fraction of sp³-hybridized carbons (Fsp3) is 0.875. The molecular formula is C8H15BrO2S. The standard InChI is InChI=1S/C8H15BrO2S/c1-4-6(2)12-5-7(9)8(10)11-3/h6-7H,4-5H2,1-3H3. The van der Waals surface area contributed by atoms with Gasteiger partial charge in [0.25, 0.3) is 0 Å². The summed E-state index contributed by atoms with van der Waals surface area (Å²) in [5.74, 6) is 0.590. The van der Waals surface area contributed by atoms with Gasteiger partial charge in [0.05, 0.1) is 7.11 Å². The van der Waals surface area contributed by atoms with Crippen molar-refractivity contribution in [2.75, 3.05) is 12.9 Å². The Balaban J connectivity index is 3.56. The highest BCUT2D eigenvalue weighted by Gasteiger charge is 2.15. The fourth-order valence-corrected chi connectivity index (χ4v) is 2.08. The molecule has 0 radical (unpaired) electrons. The van der Waals surface area contributed by atoms with E-state index in [0.717, 1.165) is 12.2 Å². The maximum atomic E-state index is 10.9. The molecule has 0 saturated heterocycles. The highest BCUT2D eigenvalue weighted by Crippen LogP contribution is 2.18. The minimum Gasteiger partial charge on any atom is -0.468 e. The molecule has 0 heterocycles. The van der Waals surface area contributed by atoms with Crippen LogP contribution in [0.5, 0.6) is 0 Å². The van der Waals surface area contributed by atoms with Crippen molar-refractivity contribution in [1.29, 1.82) is 0 Å². The van der Waals surface area contributed by atoms with Crippen LogP contribution in [0.1, 0.15) is 20.3 Å². The number of rotatable bonds is 5. The molecule has 2 nitrogen and oxygen atoms in total. The first-order valence-corrected chi connectivity index (χ1v) is 5.91. The number of hydrogen-bond donors (Lipinski definition) is 0. The van der Waals surface area contributed by atoms with E-state index in [4.69, 9.17) is 0 Å². The third-order valence-corrected chi connectivity index (χ3v) is 4.11. The maximum absolute atomic E-state index is 10.9. The van der Waals surface area contributed by atoms with E-state index >= 15 is 0 Å². The maximum Gasteiger partial charge on any atom is 0.320 e. The average molecular weight is 255 g/mol. The summed E-state index contributed by atoms with van der Waals surface area (Å²) in [6.45, 7) is 4.29. The van der Waals surface area contributed by atoms with Crippen LogP contribution in [0.3, 0.4) is 0 Å². The second kappa shape index (κ2) is 6.78. The fourth-order valence-electron chi connectivity index (χ4n) is 0.563. The van der Waals surface area contributed by atoms with E-state index in [1.165, 1.54) is 7.11 Å². The molecule has 72 valence electrons. The van der Waals surface area contributed by atoms with Crippen LogP contribution in [-0.4, -0.2) is 28.9 Å². The zero-order valence-electron chi connectivity index (χ0n) is 7.67. The molecule has 0 aromatic heterocycles. The number of carbonyl (C=O) groups is 1. The summed E-state index contributed by atoms with van der Waals surface area (Å²) < 4.78 is 4.58. The summed E-state index contributed by atoms with van der Waals surface area (Å²) in [6, 6.07) is 0. The van der Waals surface area contributed by atoms with E-state index < -0.39 is 0 Å². The molecule has 0 aliphatic heterocycles. The minimum absolute atomic E-state index is 0.165. The molecule has 0 fully saturated rings. The van der Waals surface area contributed by atoms with Crippen molar-refractivity contribution in [1.82, 2.24) is 0 Å². The summed E-state index contributed by atoms with van der Waals surface area (Å²) >= 11 is 5.05. The first kappa shape index (κ1) is 12.3. The van der Waals surface area contributed by atoms with Crippen molar-refractivity contribution >= 4 is 33.7 Å². The van der Waals surface area contributed by atoms with Gasteiger partial charge in [-0.05, 0) is 6.42 Å². The van der Waals surface area contributed by atoms with Crippen molar-refractivity contribution in [3.8, 4) is 0 Å². The molecule has 0 N–H and O–H groups in total. The summed E-state index contributed by atoms with van der Waals surface area (Å²) in [4.78, 5) is 10.8. The SMILES string of the molecule is CCC(C)SCC(Br)C(=O)OC. The molecule has 0 bridgehead atoms. The number of esters is 1. The Bertz CT molecular complexity index is 141. The molecule has 0 saturated carbocycles. The Hall–Kier alpha value is 0.300. The molecule has 0 aliphatic rings. The zero-order chi connectivity index (χ0) is 9.56. The number of thioether (sulfide) groups is 1. The van der Waals surface area contributed by atoms with Gasteiger partial charge in [0.15, 0.2) is 0 Å². The van der Waals surface area contributed by atoms with Crippen LogP contribution in [0.2, 0.25) is 0 Å². The number of carbonyl (C=O) groups excluding carboxylic acids is 1. The van der Waals surface area contributed by atoms with Gasteiger partial charge in [0.2, 0.25) is 0 Å². The van der Waals surface area contributed by atoms with E-state index in [0.29, 0.717) is 5.25 Å². The topological polar surface area (TPSA) is 26.3 Å². The van der Waals surface area contributed by atoms with Gasteiger partial charge < -0.3 is 4.74 Å². The molecule has 2 unspecified atom stereocenters. The predicted octanol–water partition coefficient (Wildman–Crippen LogP) is 2.45. The number of ether oxygens (including phenoxy) is 1. The Morgan fingerprint density at radius 3 is 2.67 bits per heavy atom. The summed E-state index contributed by atoms with van der Waals surface area (Å²) in [5.41, 5.74) is 0. The van der Waals surface area contributed by atoms with Gasteiger partial charge in [0.1, 0.15) is 4.83 Å². The quantitative estimate of drug-likeness (QED) is 0.557. The van der Waals surface area contributed by atoms with E-state index in [1.807, 2.05) is 0 Å². The summed E-state index contributed by atoms with van der Waals surface area (Å²) in [6.07, 6.45) is 1.13. The van der Waals surface area contributed by atoms with Gasteiger partial charge in [-0.1, -0.05) is 29.8 Å². The van der Waals surface area contributed by atoms with Gasteiger partial charge in [-0.25, -0.2) is 0 Å². The van der Waals surface area contributed by atoms with Crippen molar-refractivity contribution in [3.05, 3.63) is 0 Å². The molecule has 2 atom stereocenters. The lowest BCUT2D eigenvalue weighted by Gasteiger charge is -2.10. The van der Waals surface area contributed by atoms with E-state index in [2.05, 4.69) is 34.5 Å². The monoisotopic (exact) mass is 254 g/mol. The van der Waals surface area contributed by atoms with Gasteiger partial charge in [-0.3, -0.25) is 4.79 Å². The number of alkyl halides is 1. The lowest BCUT2D eigenvalue weighted by Crippen LogP contribution is -2.19. The molecule has 12 heavy (non-hydrogen) atoms. The van der Waals surface area contributed by atoms with Crippen LogP contribution in [0.25, 0.3) is 0 Å². The second-order valence-electron chi connectivity index (χ2n) is 2.54. The van der Waals surface area contributed by atoms with Gasteiger partial charge in [-0.2, -0.15) is 11.8 Å². The van der Waals surface area contributed by atoms with Crippen LogP contribution in [0.4, 0.5) is 0 Å². The average Bonchev–Trinajstić information content (AvgIpc) is 2.11. The predicted molar refractivity (Wildman–Crippen MR) is 56.9 cm³/mol. The highest BCUT2D eigenvalue weighted by atomic mass is 79.9. The van der Waals surface area contributed by atoms with Crippen molar-refractivity contribution in [3.63, 3.8) is 0 Å². The van der Waals surface area contributed by atoms with Crippen molar-refractivity contribution in [2.24, 2.45) is 0 Å². The molecule has 0 aromatic carbocycles. The molecule has 0 amide bonds. The first-order chi connectivity index (χ1) is 5.61. The summed E-state index contributed by atoms with van der Waals surface area (Å²) in [5, 5.41) is 0.606. The molecular weight excluding hydrogens is 240 g/mol. The van der Waals surface area contributed by atoms with Crippen molar-refractivity contribution in [2.45, 2.75) is 30.3 Å². The zero-order valence-corrected chi connectivity index (χ0v) is 10.1. The van der Waals surface area contributed by atoms with Crippen LogP contribution in [0.15, 0.2) is 0 Å². The van der Waals surface area contributed by atoms with Crippen LogP contribution in [0, 0.1) is 0 Å². The van der Waals surface area contributed by atoms with Gasteiger partial charge in [0, 0.05) is 11.0 Å². The third kappa shape index (κ3) is 5.04. The lowest BCUT2D eigenvalue weighted by atomic mass is 10.4. The normalized spacial score (nSPS) is 15.3. The Kier molecular flexibility index (Phi) is 6.95. The largest absolute Gasteiger partial charge is 0.468 e.